The highest BCUT2D eigenvalue weighted by atomic mass is 32.1. The molecule has 3 heteroatoms. The Labute approximate surface area is 46.9 Å². The molecular weight excluding hydrogens is 89.7 g/mol. The van der Waals surface area contributed by atoms with E-state index >= 15 is 0 Å². The van der Waals surface area contributed by atoms with Crippen LogP contribution in [0.15, 0.2) is 0 Å². The Bertz CT molecular complexity index is 29.8. The fraction of sp³-hybridized carbons (Fsp3) is 1.00. The van der Waals surface area contributed by atoms with Crippen LogP contribution in [0.4, 0.5) is 0 Å². The van der Waals surface area contributed by atoms with Gasteiger partial charge in [0.15, 0.2) is 0 Å². The molecule has 0 N–H and O–H groups in total. The second-order valence-electron chi connectivity index (χ2n) is 1.98. The highest BCUT2D eigenvalue weighted by Gasteiger charge is 1.97. The average Bonchev–Trinajstić information content (AvgIpc) is 1.36. The normalized spacial score (nSPS) is 19.7. The van der Waals surface area contributed by atoms with Crippen molar-refractivity contribution in [3.63, 3.8) is 0 Å². The van der Waals surface area contributed by atoms with E-state index in [9.17, 15) is 0 Å². The SMILES string of the molecule is BC(C)C(B)S. The Kier molecular flexibility index (Phi) is 2.83. The van der Waals surface area contributed by atoms with Crippen LogP contribution >= 0.6 is 12.6 Å². The van der Waals surface area contributed by atoms with Crippen LogP contribution in [0.3, 0.4) is 0 Å². The first-order chi connectivity index (χ1) is 2.64. The molecule has 0 aliphatic rings. The highest BCUT2D eigenvalue weighted by Crippen LogP contribution is 2.05. The second-order valence-corrected chi connectivity index (χ2v) is 2.80. The molecule has 0 aromatic carbocycles. The number of rotatable bonds is 1. The minimum Gasteiger partial charge on any atom is -0.185 e. The molecule has 0 saturated carbocycles. The first kappa shape index (κ1) is 6.48. The molecule has 0 heterocycles. The van der Waals surface area contributed by atoms with E-state index in [0.717, 1.165) is 0 Å². The van der Waals surface area contributed by atoms with Gasteiger partial charge in [0, 0.05) is 0 Å². The number of hydrogen-bond donors (Lipinski definition) is 1. The first-order valence-electron chi connectivity index (χ1n) is 2.32. The third-order valence-electron chi connectivity index (χ3n) is 0.965. The van der Waals surface area contributed by atoms with Gasteiger partial charge < -0.3 is 0 Å². The van der Waals surface area contributed by atoms with Crippen LogP contribution in [0.25, 0.3) is 0 Å². The lowest BCUT2D eigenvalue weighted by Crippen LogP contribution is -2.03. The van der Waals surface area contributed by atoms with Crippen LogP contribution in [-0.4, -0.2) is 20.8 Å². The van der Waals surface area contributed by atoms with Gasteiger partial charge in [-0.25, -0.2) is 0 Å². The molecule has 0 bridgehead atoms. The van der Waals surface area contributed by atoms with Gasteiger partial charge >= 0.3 is 0 Å². The van der Waals surface area contributed by atoms with Crippen molar-refractivity contribution in [3.05, 3.63) is 0 Å². The van der Waals surface area contributed by atoms with Crippen LogP contribution in [-0.2, 0) is 0 Å². The predicted molar refractivity (Wildman–Crippen MR) is 39.3 cm³/mol. The fourth-order valence-corrected chi connectivity index (χ4v) is 0. The van der Waals surface area contributed by atoms with E-state index in [1.807, 2.05) is 0 Å². The molecule has 0 aliphatic heterocycles. The predicted octanol–water partition coefficient (Wildman–Crippen LogP) is -0.683. The summed E-state index contributed by atoms with van der Waals surface area (Å²) >= 11 is 4.19. The van der Waals surface area contributed by atoms with Crippen molar-refractivity contribution < 1.29 is 0 Å². The van der Waals surface area contributed by atoms with Crippen LogP contribution < -0.4 is 0 Å². The summed E-state index contributed by atoms with van der Waals surface area (Å²) in [5.74, 6) is 0.716. The van der Waals surface area contributed by atoms with Crippen molar-refractivity contribution in [1.29, 1.82) is 0 Å². The lowest BCUT2D eigenvalue weighted by atomic mass is 9.78. The van der Waals surface area contributed by atoms with Crippen molar-refractivity contribution in [2.75, 3.05) is 0 Å². The van der Waals surface area contributed by atoms with Crippen LogP contribution in [0.1, 0.15) is 6.92 Å². The zero-order valence-electron chi connectivity index (χ0n) is 4.60. The number of hydrogen-bond acceptors (Lipinski definition) is 1. The molecule has 0 nitrogen and oxygen atoms in total. The molecule has 0 radical (unpaired) electrons. The van der Waals surface area contributed by atoms with Crippen LogP contribution in [0.5, 0.6) is 0 Å². The van der Waals surface area contributed by atoms with Crippen LogP contribution in [0, 0.1) is 0 Å². The minimum absolute atomic E-state index is 0.546. The smallest absolute Gasteiger partial charge is 0.117 e. The van der Waals surface area contributed by atoms with Gasteiger partial charge in [-0.1, -0.05) is 12.7 Å². The standard InChI is InChI=1S/C3H10B2S/c1-2(4)3(5)6/h2-3,6H,4-5H2,1H3. The van der Waals surface area contributed by atoms with Crippen molar-refractivity contribution >= 4 is 28.3 Å². The molecule has 0 aromatic heterocycles. The van der Waals surface area contributed by atoms with Crippen molar-refractivity contribution in [2.24, 2.45) is 0 Å². The summed E-state index contributed by atoms with van der Waals surface area (Å²) in [6.45, 7) is 2.16. The topological polar surface area (TPSA) is 0 Å². The van der Waals surface area contributed by atoms with E-state index in [4.69, 9.17) is 0 Å². The van der Waals surface area contributed by atoms with Gasteiger partial charge in [-0.2, -0.15) is 12.6 Å². The fourth-order valence-electron chi connectivity index (χ4n) is 0. The lowest BCUT2D eigenvalue weighted by Gasteiger charge is -2.04. The molecule has 2 atom stereocenters. The second kappa shape index (κ2) is 2.62. The molecule has 0 aliphatic carbocycles. The van der Waals surface area contributed by atoms with Gasteiger partial charge in [0.05, 0.1) is 0 Å². The van der Waals surface area contributed by atoms with Gasteiger partial charge in [-0.05, 0) is 5.15 Å². The van der Waals surface area contributed by atoms with E-state index < -0.39 is 0 Å². The molecule has 0 saturated heterocycles. The van der Waals surface area contributed by atoms with Gasteiger partial charge in [-0.15, -0.1) is 0 Å². The van der Waals surface area contributed by atoms with Crippen molar-refractivity contribution in [2.45, 2.75) is 17.9 Å². The van der Waals surface area contributed by atoms with E-state index in [1.54, 1.807) is 0 Å². The minimum atomic E-state index is 0.546. The van der Waals surface area contributed by atoms with E-state index in [0.29, 0.717) is 11.0 Å². The molecule has 2 unspecified atom stereocenters. The molecule has 0 aromatic rings. The van der Waals surface area contributed by atoms with Gasteiger partial charge in [0.2, 0.25) is 0 Å². The van der Waals surface area contributed by atoms with Crippen molar-refractivity contribution in [3.8, 4) is 0 Å². The Morgan fingerprint density at radius 3 is 1.67 bits per heavy atom. The zero-order valence-corrected chi connectivity index (χ0v) is 5.50. The van der Waals surface area contributed by atoms with Gasteiger partial charge in [0.25, 0.3) is 0 Å². The molecular formula is C3H10B2S. The van der Waals surface area contributed by atoms with E-state index in [-0.39, 0.29) is 0 Å². The summed E-state index contributed by atoms with van der Waals surface area (Å²) < 4.78 is 0. The molecule has 0 rings (SSSR count). The van der Waals surface area contributed by atoms with E-state index in [2.05, 4.69) is 35.2 Å². The highest BCUT2D eigenvalue weighted by molar-refractivity contribution is 7.82. The van der Waals surface area contributed by atoms with E-state index in [1.165, 1.54) is 0 Å². The van der Waals surface area contributed by atoms with Gasteiger partial charge in [0.1, 0.15) is 15.7 Å². The third kappa shape index (κ3) is 2.70. The quantitative estimate of drug-likeness (QED) is 0.327. The number of thiol groups is 1. The lowest BCUT2D eigenvalue weighted by molar-refractivity contribution is 1.04. The third-order valence-corrected chi connectivity index (χ3v) is 1.56. The summed E-state index contributed by atoms with van der Waals surface area (Å²) in [5.41, 5.74) is 0. The zero-order chi connectivity index (χ0) is 5.15. The summed E-state index contributed by atoms with van der Waals surface area (Å²) in [7, 11) is 4.27. The maximum Gasteiger partial charge on any atom is 0.117 e. The monoisotopic (exact) mass is 100 g/mol. The summed E-state index contributed by atoms with van der Waals surface area (Å²) in [4.78, 5) is 0. The van der Waals surface area contributed by atoms with Gasteiger partial charge in [-0.3, -0.25) is 0 Å². The summed E-state index contributed by atoms with van der Waals surface area (Å²) in [6, 6.07) is 0. The Morgan fingerprint density at radius 1 is 1.50 bits per heavy atom. The maximum absolute atomic E-state index is 4.19. The molecule has 0 fully saturated rings. The molecule has 34 valence electrons. The Hall–Kier alpha value is 0.480. The maximum atomic E-state index is 4.19. The average molecular weight is 99.8 g/mol. The molecule has 6 heavy (non-hydrogen) atoms. The Morgan fingerprint density at radius 2 is 1.67 bits per heavy atom. The first-order valence-corrected chi connectivity index (χ1v) is 2.84. The molecule has 0 spiro atoms. The van der Waals surface area contributed by atoms with Crippen molar-refractivity contribution in [1.82, 2.24) is 0 Å². The Balaban J connectivity index is 2.99. The molecule has 0 amide bonds. The largest absolute Gasteiger partial charge is 0.185 e. The van der Waals surface area contributed by atoms with Crippen LogP contribution in [0.2, 0.25) is 5.82 Å². The summed E-state index contributed by atoms with van der Waals surface area (Å²) in [6.07, 6.45) is 0. The summed E-state index contributed by atoms with van der Waals surface area (Å²) in [5, 5.41) is 0.546.